The molecule has 1 aliphatic heterocycles. The van der Waals surface area contributed by atoms with E-state index in [0.717, 1.165) is 31.2 Å². The Kier molecular flexibility index (Phi) is 3.56. The number of aryl methyl sites for hydroxylation is 1. The minimum absolute atomic E-state index is 0.320. The molecule has 4 rings (SSSR count). The molecule has 3 unspecified atom stereocenters. The first-order chi connectivity index (χ1) is 10.7. The van der Waals surface area contributed by atoms with Crippen LogP contribution in [0, 0.1) is 18.8 Å². The zero-order chi connectivity index (χ0) is 15.1. The van der Waals surface area contributed by atoms with Crippen LogP contribution in [0.5, 0.6) is 0 Å². The molecule has 2 heteroatoms. The SMILES string of the molecule is Cc1ccccc1C1CCCC2CN(C3=CC(=O)CC3)CC21. The fourth-order valence-electron chi connectivity index (χ4n) is 4.93. The number of likely N-dealkylation sites (tertiary alicyclic amines) is 1. The fraction of sp³-hybridized carbons (Fsp3) is 0.550. The minimum Gasteiger partial charge on any atom is -0.374 e. The predicted molar refractivity (Wildman–Crippen MR) is 88.6 cm³/mol. The van der Waals surface area contributed by atoms with Crippen molar-refractivity contribution in [2.75, 3.05) is 13.1 Å². The zero-order valence-corrected chi connectivity index (χ0v) is 13.4. The highest BCUT2D eigenvalue weighted by Gasteiger charge is 2.41. The number of fused-ring (bicyclic) bond motifs is 1. The topological polar surface area (TPSA) is 20.3 Å². The normalized spacial score (nSPS) is 31.3. The van der Waals surface area contributed by atoms with E-state index >= 15 is 0 Å². The Morgan fingerprint density at radius 2 is 1.95 bits per heavy atom. The number of nitrogens with zero attached hydrogens (tertiary/aromatic N) is 1. The summed E-state index contributed by atoms with van der Waals surface area (Å²) in [5.41, 5.74) is 4.32. The van der Waals surface area contributed by atoms with Gasteiger partial charge in [-0.05, 0) is 55.1 Å². The fourth-order valence-corrected chi connectivity index (χ4v) is 4.93. The second-order valence-corrected chi connectivity index (χ2v) is 7.32. The lowest BCUT2D eigenvalue weighted by molar-refractivity contribution is -0.114. The molecule has 1 saturated carbocycles. The molecule has 0 radical (unpaired) electrons. The van der Waals surface area contributed by atoms with E-state index < -0.39 is 0 Å². The van der Waals surface area contributed by atoms with Crippen LogP contribution in [0.25, 0.3) is 0 Å². The molecule has 22 heavy (non-hydrogen) atoms. The van der Waals surface area contributed by atoms with E-state index in [-0.39, 0.29) is 0 Å². The largest absolute Gasteiger partial charge is 0.374 e. The minimum atomic E-state index is 0.320. The summed E-state index contributed by atoms with van der Waals surface area (Å²) in [6.45, 7) is 4.58. The average molecular weight is 295 g/mol. The third kappa shape index (κ3) is 2.39. The Morgan fingerprint density at radius 3 is 2.73 bits per heavy atom. The maximum absolute atomic E-state index is 11.6. The van der Waals surface area contributed by atoms with Gasteiger partial charge < -0.3 is 4.90 Å². The van der Waals surface area contributed by atoms with Crippen molar-refractivity contribution in [2.24, 2.45) is 11.8 Å². The van der Waals surface area contributed by atoms with Gasteiger partial charge in [-0.25, -0.2) is 0 Å². The average Bonchev–Trinajstić information content (AvgIpc) is 3.13. The third-order valence-corrected chi connectivity index (χ3v) is 6.05. The van der Waals surface area contributed by atoms with E-state index in [9.17, 15) is 4.79 Å². The molecule has 3 aliphatic rings. The van der Waals surface area contributed by atoms with Crippen LogP contribution in [-0.4, -0.2) is 23.8 Å². The molecule has 2 nitrogen and oxygen atoms in total. The Labute approximate surface area is 133 Å². The Bertz CT molecular complexity index is 618. The Balaban J connectivity index is 1.58. The highest BCUT2D eigenvalue weighted by Crippen LogP contribution is 2.47. The predicted octanol–water partition coefficient (Wildman–Crippen LogP) is 4.06. The van der Waals surface area contributed by atoms with Crippen molar-refractivity contribution in [1.82, 2.24) is 4.90 Å². The highest BCUT2D eigenvalue weighted by molar-refractivity contribution is 5.92. The number of carbonyl (C=O) groups is 1. The van der Waals surface area contributed by atoms with E-state index in [0.29, 0.717) is 11.7 Å². The summed E-state index contributed by atoms with van der Waals surface area (Å²) in [7, 11) is 0. The quantitative estimate of drug-likeness (QED) is 0.820. The molecule has 0 spiro atoms. The standard InChI is InChI=1S/C20H25NO/c1-14-5-2-3-7-18(14)19-8-4-6-15-12-21(13-20(15)19)16-9-10-17(22)11-16/h2-3,5,7,11,15,19-20H,4,6,8-10,12-13H2,1H3. The molecular formula is C20H25NO. The Morgan fingerprint density at radius 1 is 1.09 bits per heavy atom. The van der Waals surface area contributed by atoms with Gasteiger partial charge in [-0.3, -0.25) is 4.79 Å². The molecule has 3 atom stereocenters. The van der Waals surface area contributed by atoms with Crippen LogP contribution >= 0.6 is 0 Å². The summed E-state index contributed by atoms with van der Waals surface area (Å²) in [6, 6.07) is 8.93. The van der Waals surface area contributed by atoms with Gasteiger partial charge in [0.15, 0.2) is 5.78 Å². The van der Waals surface area contributed by atoms with E-state index in [1.807, 2.05) is 6.08 Å². The maximum Gasteiger partial charge on any atom is 0.157 e. The van der Waals surface area contributed by atoms with Gasteiger partial charge in [-0.1, -0.05) is 30.7 Å². The van der Waals surface area contributed by atoms with Gasteiger partial charge in [0.1, 0.15) is 0 Å². The van der Waals surface area contributed by atoms with Crippen molar-refractivity contribution in [3.05, 3.63) is 47.2 Å². The summed E-state index contributed by atoms with van der Waals surface area (Å²) in [5.74, 6) is 2.62. The van der Waals surface area contributed by atoms with Crippen LogP contribution in [0.1, 0.15) is 49.1 Å². The molecule has 1 saturated heterocycles. The van der Waals surface area contributed by atoms with Gasteiger partial charge in [-0.2, -0.15) is 0 Å². The van der Waals surface area contributed by atoms with Crippen molar-refractivity contribution < 1.29 is 4.79 Å². The van der Waals surface area contributed by atoms with Gasteiger partial charge >= 0.3 is 0 Å². The lowest BCUT2D eigenvalue weighted by Gasteiger charge is -2.34. The van der Waals surface area contributed by atoms with Crippen LogP contribution in [0.4, 0.5) is 0 Å². The molecule has 0 bridgehead atoms. The van der Waals surface area contributed by atoms with Gasteiger partial charge in [-0.15, -0.1) is 0 Å². The number of hydrogen-bond acceptors (Lipinski definition) is 2. The monoisotopic (exact) mass is 295 g/mol. The van der Waals surface area contributed by atoms with Crippen molar-refractivity contribution in [1.29, 1.82) is 0 Å². The van der Waals surface area contributed by atoms with E-state index in [1.54, 1.807) is 5.56 Å². The number of carbonyl (C=O) groups excluding carboxylic acids is 1. The van der Waals surface area contributed by atoms with Gasteiger partial charge in [0, 0.05) is 31.3 Å². The first-order valence-corrected chi connectivity index (χ1v) is 8.76. The molecule has 0 N–H and O–H groups in total. The number of benzene rings is 1. The summed E-state index contributed by atoms with van der Waals surface area (Å²) in [5, 5.41) is 0. The summed E-state index contributed by atoms with van der Waals surface area (Å²) in [6.07, 6.45) is 7.64. The van der Waals surface area contributed by atoms with Crippen LogP contribution in [0.3, 0.4) is 0 Å². The van der Waals surface area contributed by atoms with Crippen LogP contribution in [0.15, 0.2) is 36.0 Å². The summed E-state index contributed by atoms with van der Waals surface area (Å²) in [4.78, 5) is 14.1. The molecule has 2 aliphatic carbocycles. The number of ketones is 1. The van der Waals surface area contributed by atoms with E-state index in [1.165, 1.54) is 37.1 Å². The number of rotatable bonds is 2. The second-order valence-electron chi connectivity index (χ2n) is 7.32. The first-order valence-electron chi connectivity index (χ1n) is 8.76. The third-order valence-electron chi connectivity index (χ3n) is 6.05. The van der Waals surface area contributed by atoms with Crippen molar-refractivity contribution in [3.8, 4) is 0 Å². The molecule has 0 aromatic heterocycles. The van der Waals surface area contributed by atoms with Crippen LogP contribution in [0.2, 0.25) is 0 Å². The molecule has 1 aromatic carbocycles. The lowest BCUT2D eigenvalue weighted by Crippen LogP contribution is -2.26. The Hall–Kier alpha value is -1.57. The van der Waals surface area contributed by atoms with E-state index in [2.05, 4.69) is 36.1 Å². The lowest BCUT2D eigenvalue weighted by atomic mass is 9.70. The van der Waals surface area contributed by atoms with Gasteiger partial charge in [0.25, 0.3) is 0 Å². The second kappa shape index (κ2) is 5.57. The first kappa shape index (κ1) is 14.0. The molecular weight excluding hydrogens is 270 g/mol. The molecule has 2 fully saturated rings. The van der Waals surface area contributed by atoms with E-state index in [4.69, 9.17) is 0 Å². The van der Waals surface area contributed by atoms with Crippen LogP contribution in [-0.2, 0) is 4.79 Å². The summed E-state index contributed by atoms with van der Waals surface area (Å²) >= 11 is 0. The molecule has 0 amide bonds. The molecule has 1 heterocycles. The van der Waals surface area contributed by atoms with Crippen LogP contribution < -0.4 is 0 Å². The van der Waals surface area contributed by atoms with Crippen molar-refractivity contribution in [3.63, 3.8) is 0 Å². The molecule has 1 aromatic rings. The number of hydrogen-bond donors (Lipinski definition) is 0. The highest BCUT2D eigenvalue weighted by atomic mass is 16.1. The zero-order valence-electron chi connectivity index (χ0n) is 13.4. The summed E-state index contributed by atoms with van der Waals surface area (Å²) < 4.78 is 0. The number of allylic oxidation sites excluding steroid dienone is 2. The smallest absolute Gasteiger partial charge is 0.157 e. The van der Waals surface area contributed by atoms with Crippen molar-refractivity contribution >= 4 is 5.78 Å². The maximum atomic E-state index is 11.6. The van der Waals surface area contributed by atoms with Gasteiger partial charge in [0.2, 0.25) is 0 Å². The van der Waals surface area contributed by atoms with Gasteiger partial charge in [0.05, 0.1) is 0 Å². The van der Waals surface area contributed by atoms with Crippen molar-refractivity contribution in [2.45, 2.75) is 44.9 Å². The molecule has 116 valence electrons.